The van der Waals surface area contributed by atoms with Gasteiger partial charge in [-0.05, 0) is 11.6 Å². The van der Waals surface area contributed by atoms with Crippen molar-refractivity contribution in [1.29, 1.82) is 0 Å². The molecule has 0 radical (unpaired) electrons. The van der Waals surface area contributed by atoms with Crippen LogP contribution in [0.4, 0.5) is 0 Å². The van der Waals surface area contributed by atoms with E-state index in [9.17, 15) is 13.2 Å². The number of fused-ring (bicyclic) bond motifs is 1. The third-order valence-electron chi connectivity index (χ3n) is 3.57. The Morgan fingerprint density at radius 3 is 2.64 bits per heavy atom. The third-order valence-corrected chi connectivity index (χ3v) is 5.40. The molecule has 120 valence electrons. The van der Waals surface area contributed by atoms with E-state index in [2.05, 4.69) is 5.32 Å². The molecule has 0 aliphatic rings. The molecule has 0 unspecified atom stereocenters. The molecule has 0 saturated carbocycles. The zero-order valence-corrected chi connectivity index (χ0v) is 13.9. The molecule has 2 rings (SSSR count). The summed E-state index contributed by atoms with van der Waals surface area (Å²) in [4.78, 5) is 12.0. The van der Waals surface area contributed by atoms with Gasteiger partial charge in [-0.25, -0.2) is 12.7 Å². The highest BCUT2D eigenvalue weighted by atomic mass is 32.2. The summed E-state index contributed by atoms with van der Waals surface area (Å²) in [5.74, 6) is -0.272. The van der Waals surface area contributed by atoms with Gasteiger partial charge in [-0.15, -0.1) is 0 Å². The number of nitrogens with one attached hydrogen (secondary N) is 1. The van der Waals surface area contributed by atoms with E-state index in [1.54, 1.807) is 0 Å². The summed E-state index contributed by atoms with van der Waals surface area (Å²) < 4.78 is 26.4. The van der Waals surface area contributed by atoms with Crippen molar-refractivity contribution in [1.82, 2.24) is 14.2 Å². The predicted molar refractivity (Wildman–Crippen MR) is 87.1 cm³/mol. The van der Waals surface area contributed by atoms with Crippen molar-refractivity contribution in [3.63, 3.8) is 0 Å². The summed E-state index contributed by atoms with van der Waals surface area (Å²) in [6.45, 7) is 0.115. The molecule has 0 atom stereocenters. The fourth-order valence-corrected chi connectivity index (χ4v) is 3.03. The first-order valence-electron chi connectivity index (χ1n) is 7.01. The molecular weight excluding hydrogens is 302 g/mol. The maximum Gasteiger partial charge on any atom is 0.224 e. The molecule has 0 saturated heterocycles. The maximum atomic E-state index is 12.0. The number of nitrogens with zero attached hydrogens (tertiary/aromatic N) is 2. The number of hydrogen-bond acceptors (Lipinski definition) is 3. The van der Waals surface area contributed by atoms with Crippen LogP contribution in [-0.2, 0) is 28.3 Å². The summed E-state index contributed by atoms with van der Waals surface area (Å²) >= 11 is 0. The Bertz CT molecular complexity index is 778. The van der Waals surface area contributed by atoms with Gasteiger partial charge in [0.1, 0.15) is 0 Å². The van der Waals surface area contributed by atoms with Gasteiger partial charge in [0, 0.05) is 44.8 Å². The Kier molecular flexibility index (Phi) is 4.87. The lowest BCUT2D eigenvalue weighted by molar-refractivity contribution is -0.120. The summed E-state index contributed by atoms with van der Waals surface area (Å²) in [5.41, 5.74) is 2.01. The van der Waals surface area contributed by atoms with E-state index in [1.165, 1.54) is 14.1 Å². The number of amides is 1. The highest BCUT2D eigenvalue weighted by Crippen LogP contribution is 2.20. The number of rotatable bonds is 6. The highest BCUT2D eigenvalue weighted by molar-refractivity contribution is 7.89. The fourth-order valence-electron chi connectivity index (χ4n) is 2.30. The number of para-hydroxylation sites is 1. The first kappa shape index (κ1) is 16.5. The molecule has 22 heavy (non-hydrogen) atoms. The number of carbonyl (C=O) groups is 1. The van der Waals surface area contributed by atoms with E-state index in [-0.39, 0.29) is 24.6 Å². The van der Waals surface area contributed by atoms with Gasteiger partial charge in [-0.3, -0.25) is 4.79 Å². The Morgan fingerprint density at radius 1 is 1.27 bits per heavy atom. The zero-order valence-electron chi connectivity index (χ0n) is 13.0. The van der Waals surface area contributed by atoms with E-state index in [1.807, 2.05) is 42.1 Å². The van der Waals surface area contributed by atoms with E-state index < -0.39 is 10.0 Å². The Balaban J connectivity index is 1.97. The molecule has 0 spiro atoms. The van der Waals surface area contributed by atoms with Crippen molar-refractivity contribution >= 4 is 26.8 Å². The van der Waals surface area contributed by atoms with Crippen molar-refractivity contribution in [2.45, 2.75) is 6.42 Å². The van der Waals surface area contributed by atoms with E-state index in [0.29, 0.717) is 0 Å². The molecule has 1 amide bonds. The Hall–Kier alpha value is -1.86. The molecule has 1 heterocycles. The van der Waals surface area contributed by atoms with Gasteiger partial charge in [0.25, 0.3) is 0 Å². The van der Waals surface area contributed by atoms with E-state index in [4.69, 9.17) is 0 Å². The average molecular weight is 323 g/mol. The van der Waals surface area contributed by atoms with Gasteiger partial charge in [-0.2, -0.15) is 0 Å². The second-order valence-electron chi connectivity index (χ2n) is 5.41. The molecule has 0 fully saturated rings. The quantitative estimate of drug-likeness (QED) is 0.852. The van der Waals surface area contributed by atoms with Gasteiger partial charge in [0.05, 0.1) is 12.2 Å². The first-order valence-corrected chi connectivity index (χ1v) is 8.62. The van der Waals surface area contributed by atoms with Crippen LogP contribution in [-0.4, -0.2) is 49.6 Å². The van der Waals surface area contributed by atoms with Crippen LogP contribution in [0, 0.1) is 0 Å². The van der Waals surface area contributed by atoms with Crippen LogP contribution in [0.2, 0.25) is 0 Å². The maximum absolute atomic E-state index is 12.0. The van der Waals surface area contributed by atoms with Gasteiger partial charge in [0.2, 0.25) is 15.9 Å². The predicted octanol–water partition coefficient (Wildman–Crippen LogP) is 0.728. The standard InChI is InChI=1S/C15H21N3O3S/c1-17(2)22(20,21)9-8-16-15(19)10-12-11-18(3)14-7-5-4-6-13(12)14/h4-7,11H,8-10H2,1-3H3,(H,16,19). The second-order valence-corrected chi connectivity index (χ2v) is 7.71. The number of carbonyl (C=O) groups excluding carboxylic acids is 1. The average Bonchev–Trinajstić information content (AvgIpc) is 2.75. The number of aromatic nitrogens is 1. The molecule has 1 aromatic carbocycles. The molecule has 1 N–H and O–H groups in total. The summed E-state index contributed by atoms with van der Waals surface area (Å²) in [6, 6.07) is 7.88. The topological polar surface area (TPSA) is 71.4 Å². The third kappa shape index (κ3) is 3.66. The minimum Gasteiger partial charge on any atom is -0.355 e. The van der Waals surface area contributed by atoms with Crippen molar-refractivity contribution in [3.05, 3.63) is 36.0 Å². The van der Waals surface area contributed by atoms with Gasteiger partial charge >= 0.3 is 0 Å². The zero-order chi connectivity index (χ0) is 16.3. The Morgan fingerprint density at radius 2 is 1.95 bits per heavy atom. The first-order chi connectivity index (χ1) is 10.3. The second kappa shape index (κ2) is 6.50. The van der Waals surface area contributed by atoms with E-state index >= 15 is 0 Å². The normalized spacial score (nSPS) is 12.0. The van der Waals surface area contributed by atoms with Crippen molar-refractivity contribution in [3.8, 4) is 0 Å². The molecule has 6 nitrogen and oxygen atoms in total. The number of sulfonamides is 1. The lowest BCUT2D eigenvalue weighted by atomic mass is 10.1. The van der Waals surface area contributed by atoms with Crippen LogP contribution in [0.15, 0.2) is 30.5 Å². The molecule has 1 aromatic heterocycles. The Labute approximate surface area is 130 Å². The van der Waals surface area contributed by atoms with Gasteiger partial charge in [-0.1, -0.05) is 18.2 Å². The van der Waals surface area contributed by atoms with Gasteiger partial charge in [0.15, 0.2) is 0 Å². The van der Waals surface area contributed by atoms with Crippen LogP contribution in [0.25, 0.3) is 10.9 Å². The van der Waals surface area contributed by atoms with Crippen LogP contribution in [0.1, 0.15) is 5.56 Å². The highest BCUT2D eigenvalue weighted by Gasteiger charge is 2.14. The SMILES string of the molecule is CN(C)S(=O)(=O)CCNC(=O)Cc1cn(C)c2ccccc12. The van der Waals surface area contributed by atoms with Crippen molar-refractivity contribution in [2.24, 2.45) is 7.05 Å². The van der Waals surface area contributed by atoms with Crippen molar-refractivity contribution in [2.75, 3.05) is 26.4 Å². The minimum absolute atomic E-state index is 0.0960. The lowest BCUT2D eigenvalue weighted by Gasteiger charge is -2.11. The van der Waals surface area contributed by atoms with E-state index in [0.717, 1.165) is 20.8 Å². The van der Waals surface area contributed by atoms with Crippen LogP contribution in [0.3, 0.4) is 0 Å². The molecule has 7 heteroatoms. The molecule has 2 aromatic rings. The monoisotopic (exact) mass is 323 g/mol. The number of hydrogen-bond donors (Lipinski definition) is 1. The van der Waals surface area contributed by atoms with Crippen LogP contribution >= 0.6 is 0 Å². The summed E-state index contributed by atoms with van der Waals surface area (Å²) in [6.07, 6.45) is 2.17. The lowest BCUT2D eigenvalue weighted by Crippen LogP contribution is -2.34. The minimum atomic E-state index is -3.28. The van der Waals surface area contributed by atoms with Crippen LogP contribution < -0.4 is 5.32 Å². The summed E-state index contributed by atoms with van der Waals surface area (Å²) in [7, 11) is 1.61. The number of benzene rings is 1. The molecule has 0 aliphatic heterocycles. The molecule has 0 aliphatic carbocycles. The van der Waals surface area contributed by atoms with Gasteiger partial charge < -0.3 is 9.88 Å². The smallest absolute Gasteiger partial charge is 0.224 e. The largest absolute Gasteiger partial charge is 0.355 e. The molecular formula is C15H21N3O3S. The number of aryl methyl sites for hydroxylation is 1. The summed E-state index contributed by atoms with van der Waals surface area (Å²) in [5, 5.41) is 3.70. The van der Waals surface area contributed by atoms with Crippen molar-refractivity contribution < 1.29 is 13.2 Å². The molecule has 0 bridgehead atoms. The fraction of sp³-hybridized carbons (Fsp3) is 0.400. The van der Waals surface area contributed by atoms with Crippen LogP contribution in [0.5, 0.6) is 0 Å².